The van der Waals surface area contributed by atoms with Crippen LogP contribution in [-0.4, -0.2) is 24.4 Å². The van der Waals surface area contributed by atoms with Gasteiger partial charge in [0.05, 0.1) is 0 Å². The summed E-state index contributed by atoms with van der Waals surface area (Å²) in [5.41, 5.74) is 1.96. The van der Waals surface area contributed by atoms with Gasteiger partial charge in [0.1, 0.15) is 0 Å². The van der Waals surface area contributed by atoms with E-state index >= 15 is 0 Å². The van der Waals surface area contributed by atoms with E-state index in [1.54, 1.807) is 9.20 Å². The van der Waals surface area contributed by atoms with Crippen LogP contribution in [0.3, 0.4) is 0 Å². The third-order valence-electron chi connectivity index (χ3n) is 2.43. The van der Waals surface area contributed by atoms with Crippen LogP contribution in [0.25, 0.3) is 5.65 Å². The minimum atomic E-state index is 0.550. The molecule has 0 unspecified atom stereocenters. The van der Waals surface area contributed by atoms with Crippen LogP contribution in [0.2, 0.25) is 0 Å². The quantitative estimate of drug-likeness (QED) is 0.722. The number of aryl methyl sites for hydroxylation is 2. The number of hydrogen-bond donors (Lipinski definition) is 1. The Kier molecular flexibility index (Phi) is 2.07. The molecule has 1 N–H and O–H groups in total. The predicted molar refractivity (Wildman–Crippen MR) is 64.2 cm³/mol. The van der Waals surface area contributed by atoms with Gasteiger partial charge in [-0.2, -0.15) is 10.1 Å². The van der Waals surface area contributed by atoms with E-state index in [0.717, 1.165) is 17.0 Å². The monoisotopic (exact) mass is 228 g/mol. The first-order valence-electron chi connectivity index (χ1n) is 5.30. The minimum absolute atomic E-state index is 0.550. The molecule has 0 spiro atoms. The normalized spacial score (nSPS) is 10.9. The fraction of sp³-hybridized carbons (Fsp3) is 0.182. The van der Waals surface area contributed by atoms with Crippen LogP contribution < -0.4 is 5.32 Å². The lowest BCUT2D eigenvalue weighted by Gasteiger charge is -1.94. The van der Waals surface area contributed by atoms with E-state index in [9.17, 15) is 0 Å². The summed E-state index contributed by atoms with van der Waals surface area (Å²) in [5.74, 6) is 1.29. The van der Waals surface area contributed by atoms with Gasteiger partial charge >= 0.3 is 0 Å². The van der Waals surface area contributed by atoms with Gasteiger partial charge in [-0.1, -0.05) is 6.07 Å². The average Bonchev–Trinajstić information content (AvgIpc) is 2.84. The largest absolute Gasteiger partial charge is 0.306 e. The molecule has 17 heavy (non-hydrogen) atoms. The minimum Gasteiger partial charge on any atom is -0.306 e. The van der Waals surface area contributed by atoms with Gasteiger partial charge in [-0.05, 0) is 18.6 Å². The summed E-state index contributed by atoms with van der Waals surface area (Å²) in [5, 5.41) is 11.6. The second-order valence-corrected chi connectivity index (χ2v) is 3.94. The van der Waals surface area contributed by atoms with Gasteiger partial charge in [0.2, 0.25) is 5.95 Å². The van der Waals surface area contributed by atoms with Gasteiger partial charge in [0, 0.05) is 25.5 Å². The number of pyridine rings is 1. The van der Waals surface area contributed by atoms with Crippen molar-refractivity contribution in [3.63, 3.8) is 0 Å². The Balaban J connectivity index is 1.95. The highest BCUT2D eigenvalue weighted by atomic mass is 15.4. The smallest absolute Gasteiger partial charge is 0.248 e. The van der Waals surface area contributed by atoms with Crippen molar-refractivity contribution < 1.29 is 0 Å². The highest BCUT2D eigenvalue weighted by molar-refractivity contribution is 5.51. The molecule has 3 aromatic heterocycles. The molecular weight excluding hydrogens is 216 g/mol. The second kappa shape index (κ2) is 3.58. The van der Waals surface area contributed by atoms with Gasteiger partial charge in [0.25, 0.3) is 0 Å². The van der Waals surface area contributed by atoms with Crippen LogP contribution in [0, 0.1) is 6.92 Å². The van der Waals surface area contributed by atoms with Crippen LogP contribution in [0.4, 0.5) is 11.8 Å². The Bertz CT molecular complexity index is 665. The van der Waals surface area contributed by atoms with Crippen molar-refractivity contribution in [1.29, 1.82) is 0 Å². The number of nitrogens with one attached hydrogen (secondary N) is 1. The van der Waals surface area contributed by atoms with Crippen molar-refractivity contribution in [2.24, 2.45) is 7.05 Å². The Morgan fingerprint density at radius 1 is 1.18 bits per heavy atom. The maximum absolute atomic E-state index is 4.35. The molecule has 6 nitrogen and oxygen atoms in total. The molecule has 3 rings (SSSR count). The summed E-state index contributed by atoms with van der Waals surface area (Å²) >= 11 is 0. The molecule has 0 saturated carbocycles. The van der Waals surface area contributed by atoms with Gasteiger partial charge in [-0.25, -0.2) is 4.52 Å². The van der Waals surface area contributed by atoms with E-state index in [2.05, 4.69) is 20.5 Å². The van der Waals surface area contributed by atoms with E-state index < -0.39 is 0 Å². The van der Waals surface area contributed by atoms with E-state index in [0.29, 0.717) is 5.95 Å². The highest BCUT2D eigenvalue weighted by Gasteiger charge is 2.04. The molecule has 3 aromatic rings. The fourth-order valence-electron chi connectivity index (χ4n) is 1.64. The second-order valence-electron chi connectivity index (χ2n) is 3.94. The summed E-state index contributed by atoms with van der Waals surface area (Å²) in [6.07, 6.45) is 3.80. The first kappa shape index (κ1) is 9.83. The number of anilines is 2. The van der Waals surface area contributed by atoms with E-state index in [4.69, 9.17) is 0 Å². The molecule has 0 radical (unpaired) electrons. The zero-order valence-corrected chi connectivity index (χ0v) is 9.62. The van der Waals surface area contributed by atoms with E-state index in [1.807, 2.05) is 44.6 Å². The topological polar surface area (TPSA) is 60.0 Å². The lowest BCUT2D eigenvalue weighted by atomic mass is 10.3. The molecule has 0 aliphatic rings. The van der Waals surface area contributed by atoms with Crippen molar-refractivity contribution in [2.75, 3.05) is 5.32 Å². The molecular formula is C11H12N6. The Hall–Kier alpha value is -2.37. The molecule has 6 heteroatoms. The van der Waals surface area contributed by atoms with Gasteiger partial charge in [-0.3, -0.25) is 4.68 Å². The Labute approximate surface area is 97.9 Å². The molecule has 0 aliphatic carbocycles. The molecule has 0 saturated heterocycles. The molecule has 0 amide bonds. The third kappa shape index (κ3) is 1.84. The zero-order chi connectivity index (χ0) is 11.8. The molecule has 3 heterocycles. The van der Waals surface area contributed by atoms with Crippen molar-refractivity contribution in [3.05, 3.63) is 36.2 Å². The maximum atomic E-state index is 4.35. The number of nitrogens with zero attached hydrogens (tertiary/aromatic N) is 5. The Morgan fingerprint density at radius 2 is 2.06 bits per heavy atom. The van der Waals surface area contributed by atoms with Crippen molar-refractivity contribution in [2.45, 2.75) is 6.92 Å². The SMILES string of the molecule is Cc1ccc2nc(Nc3ccn(C)n3)nn2c1. The number of hydrogen-bond acceptors (Lipinski definition) is 4. The van der Waals surface area contributed by atoms with Gasteiger partial charge in [0.15, 0.2) is 11.5 Å². The average molecular weight is 228 g/mol. The molecule has 0 atom stereocenters. The van der Waals surface area contributed by atoms with Crippen molar-refractivity contribution in [1.82, 2.24) is 24.4 Å². The lowest BCUT2D eigenvalue weighted by molar-refractivity contribution is 0.770. The summed E-state index contributed by atoms with van der Waals surface area (Å²) in [4.78, 5) is 4.35. The standard InChI is InChI=1S/C11H12N6/c1-8-3-4-10-13-11(15-17(10)7-8)12-9-5-6-16(2)14-9/h3-7H,1-2H3,(H,12,14,15). The molecule has 86 valence electrons. The molecule has 0 aliphatic heterocycles. The summed E-state index contributed by atoms with van der Waals surface area (Å²) in [6.45, 7) is 2.02. The number of fused-ring (bicyclic) bond motifs is 1. The first-order chi connectivity index (χ1) is 8.20. The lowest BCUT2D eigenvalue weighted by Crippen LogP contribution is -1.95. The van der Waals surface area contributed by atoms with Crippen LogP contribution in [0.1, 0.15) is 5.56 Å². The summed E-state index contributed by atoms with van der Waals surface area (Å²) < 4.78 is 3.48. The van der Waals surface area contributed by atoms with Crippen LogP contribution in [0.5, 0.6) is 0 Å². The number of aromatic nitrogens is 5. The van der Waals surface area contributed by atoms with Crippen LogP contribution >= 0.6 is 0 Å². The van der Waals surface area contributed by atoms with Crippen molar-refractivity contribution >= 4 is 17.4 Å². The summed E-state index contributed by atoms with van der Waals surface area (Å²) in [6, 6.07) is 5.82. The molecule has 0 bridgehead atoms. The zero-order valence-electron chi connectivity index (χ0n) is 9.62. The van der Waals surface area contributed by atoms with Gasteiger partial charge in [-0.15, -0.1) is 5.10 Å². The molecule has 0 aromatic carbocycles. The highest BCUT2D eigenvalue weighted by Crippen LogP contribution is 2.11. The molecule has 0 fully saturated rings. The first-order valence-corrected chi connectivity index (χ1v) is 5.30. The summed E-state index contributed by atoms with van der Waals surface area (Å²) in [7, 11) is 1.87. The van der Waals surface area contributed by atoms with Gasteiger partial charge < -0.3 is 5.32 Å². The van der Waals surface area contributed by atoms with E-state index in [-0.39, 0.29) is 0 Å². The van der Waals surface area contributed by atoms with Crippen molar-refractivity contribution in [3.8, 4) is 0 Å². The third-order valence-corrected chi connectivity index (χ3v) is 2.43. The predicted octanol–water partition coefficient (Wildman–Crippen LogP) is 1.51. The van der Waals surface area contributed by atoms with E-state index in [1.165, 1.54) is 0 Å². The van der Waals surface area contributed by atoms with Crippen LogP contribution in [-0.2, 0) is 7.05 Å². The fourth-order valence-corrected chi connectivity index (χ4v) is 1.64. The maximum Gasteiger partial charge on any atom is 0.248 e. The Morgan fingerprint density at radius 3 is 2.82 bits per heavy atom. The van der Waals surface area contributed by atoms with Crippen LogP contribution in [0.15, 0.2) is 30.6 Å². The number of rotatable bonds is 2.